The number of amides is 2. The van der Waals surface area contributed by atoms with E-state index < -0.39 is 5.41 Å². The molecule has 4 nitrogen and oxygen atoms in total. The smallest absolute Gasteiger partial charge is 0.244 e. The second-order valence-electron chi connectivity index (χ2n) is 8.43. The van der Waals surface area contributed by atoms with Crippen LogP contribution >= 0.6 is 34.5 Å². The van der Waals surface area contributed by atoms with Gasteiger partial charge in [0.25, 0.3) is 0 Å². The van der Waals surface area contributed by atoms with Gasteiger partial charge in [-0.3, -0.25) is 9.59 Å². The molecule has 1 saturated carbocycles. The number of hydrogen-bond acceptors (Lipinski definition) is 3. The third-order valence-corrected chi connectivity index (χ3v) is 7.96. The summed E-state index contributed by atoms with van der Waals surface area (Å²) in [6.45, 7) is -0.0109. The van der Waals surface area contributed by atoms with Crippen LogP contribution in [0.2, 0.25) is 10.0 Å². The molecule has 2 aliphatic rings. The van der Waals surface area contributed by atoms with Crippen LogP contribution in [0.25, 0.3) is 0 Å². The van der Waals surface area contributed by atoms with Crippen LogP contribution < -0.4 is 5.32 Å². The summed E-state index contributed by atoms with van der Waals surface area (Å²) in [5.74, 6) is -0.219. The van der Waals surface area contributed by atoms with Gasteiger partial charge in [-0.25, -0.2) is 0 Å². The molecule has 164 valence electrons. The second kappa shape index (κ2) is 8.54. The lowest BCUT2D eigenvalue weighted by molar-refractivity contribution is -0.141. The van der Waals surface area contributed by atoms with Crippen molar-refractivity contribution in [2.24, 2.45) is 0 Å². The van der Waals surface area contributed by atoms with E-state index >= 15 is 0 Å². The molecule has 2 amide bonds. The van der Waals surface area contributed by atoms with Crippen molar-refractivity contribution in [1.29, 1.82) is 0 Å². The average molecular weight is 485 g/mol. The number of fused-ring (bicyclic) bond motifs is 1. The van der Waals surface area contributed by atoms with E-state index in [2.05, 4.69) is 5.32 Å². The Morgan fingerprint density at radius 3 is 2.44 bits per heavy atom. The molecule has 0 bridgehead atoms. The third-order valence-electron chi connectivity index (χ3n) is 6.54. The molecule has 1 unspecified atom stereocenters. The van der Waals surface area contributed by atoms with Gasteiger partial charge >= 0.3 is 0 Å². The summed E-state index contributed by atoms with van der Waals surface area (Å²) in [5.41, 5.74) is 1.83. The Bertz CT molecular complexity index is 1160. The van der Waals surface area contributed by atoms with Crippen LogP contribution in [0.5, 0.6) is 0 Å². The number of halogens is 2. The van der Waals surface area contributed by atoms with Gasteiger partial charge in [-0.2, -0.15) is 0 Å². The molecule has 1 aliphatic carbocycles. The highest BCUT2D eigenvalue weighted by Gasteiger charge is 2.48. The fraction of sp³-hybridized carbons (Fsp3) is 0.280. The maximum Gasteiger partial charge on any atom is 0.244 e. The van der Waals surface area contributed by atoms with Crippen LogP contribution in [0.15, 0.2) is 60.0 Å². The second-order valence-corrected chi connectivity index (χ2v) is 10.3. The Morgan fingerprint density at radius 1 is 1.03 bits per heavy atom. The van der Waals surface area contributed by atoms with E-state index in [4.69, 9.17) is 23.2 Å². The number of anilines is 1. The maximum atomic E-state index is 14.4. The van der Waals surface area contributed by atoms with Gasteiger partial charge in [0, 0.05) is 26.2 Å². The monoisotopic (exact) mass is 484 g/mol. The topological polar surface area (TPSA) is 49.4 Å². The van der Waals surface area contributed by atoms with E-state index in [0.29, 0.717) is 15.7 Å². The molecule has 2 aromatic carbocycles. The summed E-state index contributed by atoms with van der Waals surface area (Å²) in [7, 11) is 0. The number of nitrogens with zero attached hydrogens (tertiary/aromatic N) is 1. The Labute approximate surface area is 201 Å². The van der Waals surface area contributed by atoms with E-state index in [9.17, 15) is 9.59 Å². The number of hydrogen-bond donors (Lipinski definition) is 1. The number of nitrogens with one attached hydrogen (secondary N) is 1. The summed E-state index contributed by atoms with van der Waals surface area (Å²) in [5, 5.41) is 6.18. The molecule has 1 aromatic heterocycles. The highest BCUT2D eigenvalue weighted by atomic mass is 35.5. The van der Waals surface area contributed by atoms with Gasteiger partial charge in [-0.05, 0) is 60.2 Å². The van der Waals surface area contributed by atoms with Crippen LogP contribution in [0.4, 0.5) is 5.69 Å². The van der Waals surface area contributed by atoms with Crippen LogP contribution in [0.3, 0.4) is 0 Å². The molecule has 3 aromatic rings. The van der Waals surface area contributed by atoms with Crippen molar-refractivity contribution in [3.8, 4) is 0 Å². The van der Waals surface area contributed by atoms with Crippen molar-refractivity contribution in [3.05, 3.63) is 86.0 Å². The SMILES string of the molecule is O=C1CN(C(=O)C2(c3ccc(Cl)cc3)CCCC2)C(c2cccs2)c2cc(Cl)ccc2N1. The fourth-order valence-electron chi connectivity index (χ4n) is 5.07. The highest BCUT2D eigenvalue weighted by Crippen LogP contribution is 2.47. The zero-order valence-corrected chi connectivity index (χ0v) is 19.6. The fourth-order valence-corrected chi connectivity index (χ4v) is 6.23. The van der Waals surface area contributed by atoms with Crippen LogP contribution in [-0.4, -0.2) is 23.3 Å². The van der Waals surface area contributed by atoms with E-state index in [1.54, 1.807) is 22.3 Å². The van der Waals surface area contributed by atoms with E-state index in [1.165, 1.54) is 0 Å². The van der Waals surface area contributed by atoms with E-state index in [1.807, 2.05) is 53.9 Å². The quantitative estimate of drug-likeness (QED) is 0.464. The van der Waals surface area contributed by atoms with Crippen LogP contribution in [0.1, 0.15) is 47.7 Å². The van der Waals surface area contributed by atoms with Gasteiger partial charge in [0.15, 0.2) is 0 Å². The predicted molar refractivity (Wildman–Crippen MR) is 130 cm³/mol. The van der Waals surface area contributed by atoms with Crippen molar-refractivity contribution in [2.75, 3.05) is 11.9 Å². The summed E-state index contributed by atoms with van der Waals surface area (Å²) < 4.78 is 0. The van der Waals surface area contributed by atoms with Crippen LogP contribution in [-0.2, 0) is 15.0 Å². The minimum absolute atomic E-state index is 0.0109. The molecule has 0 saturated heterocycles. The first-order valence-electron chi connectivity index (χ1n) is 10.7. The molecule has 2 heterocycles. The standard InChI is InChI=1S/C25H22Cl2N2O2S/c26-17-7-5-16(6-8-17)25(11-1-2-12-25)24(31)29-15-22(30)28-20-10-9-18(27)14-19(20)23(29)21-4-3-13-32-21/h3-10,13-14,23H,1-2,11-12,15H2,(H,28,30). The highest BCUT2D eigenvalue weighted by molar-refractivity contribution is 7.10. The first-order chi connectivity index (χ1) is 15.5. The maximum absolute atomic E-state index is 14.4. The largest absolute Gasteiger partial charge is 0.324 e. The number of thiophene rings is 1. The predicted octanol–water partition coefficient (Wildman–Crippen LogP) is 6.44. The lowest BCUT2D eigenvalue weighted by atomic mass is 9.77. The number of carbonyl (C=O) groups excluding carboxylic acids is 2. The average Bonchev–Trinajstić information content (AvgIpc) is 3.46. The summed E-state index contributed by atoms with van der Waals surface area (Å²) in [6.07, 6.45) is 3.46. The summed E-state index contributed by atoms with van der Waals surface area (Å²) in [4.78, 5) is 30.1. The normalized spacial score (nSPS) is 19.9. The van der Waals surface area contributed by atoms with Gasteiger partial charge in [0.1, 0.15) is 6.54 Å². The molecule has 5 rings (SSSR count). The molecule has 0 spiro atoms. The minimum Gasteiger partial charge on any atom is -0.324 e. The van der Waals surface area contributed by atoms with Crippen molar-refractivity contribution in [1.82, 2.24) is 4.90 Å². The first kappa shape index (κ1) is 21.5. The van der Waals surface area contributed by atoms with E-state index in [-0.39, 0.29) is 24.4 Å². The Balaban J connectivity index is 1.66. The third kappa shape index (κ3) is 3.72. The first-order valence-corrected chi connectivity index (χ1v) is 12.3. The molecule has 1 atom stereocenters. The zero-order valence-electron chi connectivity index (χ0n) is 17.3. The minimum atomic E-state index is -0.663. The van der Waals surface area contributed by atoms with Gasteiger partial charge < -0.3 is 10.2 Å². The number of carbonyl (C=O) groups is 2. The molecule has 0 radical (unpaired) electrons. The lowest BCUT2D eigenvalue weighted by Crippen LogP contribution is -2.48. The van der Waals surface area contributed by atoms with Crippen molar-refractivity contribution in [3.63, 3.8) is 0 Å². The molecule has 1 aliphatic heterocycles. The zero-order chi connectivity index (χ0) is 22.3. The van der Waals surface area contributed by atoms with Crippen molar-refractivity contribution >= 4 is 52.0 Å². The van der Waals surface area contributed by atoms with Crippen molar-refractivity contribution < 1.29 is 9.59 Å². The molecule has 1 fully saturated rings. The molecule has 1 N–H and O–H groups in total. The van der Waals surface area contributed by atoms with Gasteiger partial charge in [-0.15, -0.1) is 11.3 Å². The van der Waals surface area contributed by atoms with Gasteiger partial charge in [-0.1, -0.05) is 54.2 Å². The molecule has 7 heteroatoms. The van der Waals surface area contributed by atoms with Crippen LogP contribution in [0, 0.1) is 0 Å². The summed E-state index contributed by atoms with van der Waals surface area (Å²) in [6, 6.07) is 16.6. The number of benzene rings is 2. The summed E-state index contributed by atoms with van der Waals surface area (Å²) >= 11 is 14.1. The van der Waals surface area contributed by atoms with Crippen molar-refractivity contribution in [2.45, 2.75) is 37.1 Å². The number of rotatable bonds is 3. The van der Waals surface area contributed by atoms with E-state index in [0.717, 1.165) is 41.7 Å². The molecular weight excluding hydrogens is 463 g/mol. The molecular formula is C25H22Cl2N2O2S. The van der Waals surface area contributed by atoms with Gasteiger partial charge in [0.2, 0.25) is 11.8 Å². The lowest BCUT2D eigenvalue weighted by Gasteiger charge is -2.38. The molecule has 32 heavy (non-hydrogen) atoms. The Morgan fingerprint density at radius 2 is 1.75 bits per heavy atom. The van der Waals surface area contributed by atoms with Gasteiger partial charge in [0.05, 0.1) is 11.5 Å². The Kier molecular flexibility index (Phi) is 5.74. The Hall–Kier alpha value is -2.34.